The average Bonchev–Trinajstić information content (AvgIpc) is 3.57. The fourth-order valence-corrected chi connectivity index (χ4v) is 4.86. The summed E-state index contributed by atoms with van der Waals surface area (Å²) in [5.41, 5.74) is 3.74. The van der Waals surface area contributed by atoms with Crippen LogP contribution in [0.3, 0.4) is 0 Å². The monoisotopic (exact) mass is 463 g/mol. The molecule has 1 N–H and O–H groups in total. The molecule has 2 aromatic carbocycles. The lowest BCUT2D eigenvalue weighted by molar-refractivity contribution is -0.139. The van der Waals surface area contributed by atoms with Gasteiger partial charge < -0.3 is 14.8 Å². The van der Waals surface area contributed by atoms with Crippen LogP contribution >= 0.6 is 0 Å². The van der Waals surface area contributed by atoms with Crippen molar-refractivity contribution in [2.24, 2.45) is 5.92 Å². The molecule has 0 bridgehead atoms. The SMILES string of the molecule is COC(=O)Cc1ccc(C#Cc2cc(CNCC3CC3)c3c(c2)C(C)(C)CC(C)(C)O3)cc1F. The van der Waals surface area contributed by atoms with Crippen molar-refractivity contribution in [3.8, 4) is 17.6 Å². The summed E-state index contributed by atoms with van der Waals surface area (Å²) in [6.45, 7) is 10.6. The second-order valence-electron chi connectivity index (χ2n) is 10.8. The molecule has 34 heavy (non-hydrogen) atoms. The van der Waals surface area contributed by atoms with Gasteiger partial charge in [-0.15, -0.1) is 0 Å². The molecule has 0 radical (unpaired) electrons. The number of methoxy groups -OCH3 is 1. The first-order valence-electron chi connectivity index (χ1n) is 12.0. The van der Waals surface area contributed by atoms with Crippen LogP contribution in [0.5, 0.6) is 5.75 Å². The highest BCUT2D eigenvalue weighted by Gasteiger charge is 2.40. The molecular formula is C29H34FNO3. The van der Waals surface area contributed by atoms with Gasteiger partial charge in [-0.05, 0) is 80.8 Å². The van der Waals surface area contributed by atoms with E-state index in [2.05, 4.69) is 61.7 Å². The van der Waals surface area contributed by atoms with Crippen molar-refractivity contribution in [3.63, 3.8) is 0 Å². The van der Waals surface area contributed by atoms with Crippen LogP contribution in [-0.4, -0.2) is 25.2 Å². The molecule has 4 rings (SSSR count). The highest BCUT2D eigenvalue weighted by molar-refractivity contribution is 5.72. The van der Waals surface area contributed by atoms with Gasteiger partial charge in [-0.1, -0.05) is 31.8 Å². The summed E-state index contributed by atoms with van der Waals surface area (Å²) >= 11 is 0. The number of carbonyl (C=O) groups is 1. The highest BCUT2D eigenvalue weighted by Crippen LogP contribution is 2.46. The Bertz CT molecular complexity index is 1150. The van der Waals surface area contributed by atoms with Gasteiger partial charge in [0.1, 0.15) is 17.2 Å². The molecule has 2 aliphatic rings. The molecule has 5 heteroatoms. The van der Waals surface area contributed by atoms with Crippen molar-refractivity contribution in [3.05, 3.63) is 64.0 Å². The van der Waals surface area contributed by atoms with Crippen LogP contribution in [0.25, 0.3) is 0 Å². The van der Waals surface area contributed by atoms with Crippen molar-refractivity contribution >= 4 is 5.97 Å². The van der Waals surface area contributed by atoms with Gasteiger partial charge in [0, 0.05) is 28.8 Å². The van der Waals surface area contributed by atoms with Crippen LogP contribution in [0.2, 0.25) is 0 Å². The summed E-state index contributed by atoms with van der Waals surface area (Å²) in [6, 6.07) is 8.91. The minimum atomic E-state index is -0.470. The molecule has 0 aromatic heterocycles. The number of benzene rings is 2. The first kappa shape index (κ1) is 24.3. The Kier molecular flexibility index (Phi) is 6.73. The maximum atomic E-state index is 14.4. The normalized spacial score (nSPS) is 17.7. The molecule has 4 nitrogen and oxygen atoms in total. The highest BCUT2D eigenvalue weighted by atomic mass is 19.1. The molecule has 1 aliphatic carbocycles. The van der Waals surface area contributed by atoms with Gasteiger partial charge in [0.15, 0.2) is 0 Å². The topological polar surface area (TPSA) is 47.6 Å². The van der Waals surface area contributed by atoms with E-state index in [4.69, 9.17) is 4.74 Å². The molecule has 0 atom stereocenters. The van der Waals surface area contributed by atoms with E-state index >= 15 is 0 Å². The van der Waals surface area contributed by atoms with Gasteiger partial charge in [-0.25, -0.2) is 4.39 Å². The molecule has 1 heterocycles. The zero-order chi connectivity index (χ0) is 24.5. The van der Waals surface area contributed by atoms with Crippen molar-refractivity contribution in [2.75, 3.05) is 13.7 Å². The molecule has 1 aliphatic heterocycles. The number of halogens is 1. The van der Waals surface area contributed by atoms with Crippen molar-refractivity contribution in [1.82, 2.24) is 5.32 Å². The largest absolute Gasteiger partial charge is 0.487 e. The lowest BCUT2D eigenvalue weighted by atomic mass is 9.72. The number of fused-ring (bicyclic) bond motifs is 1. The summed E-state index contributed by atoms with van der Waals surface area (Å²) in [5.74, 6) is 7.16. The predicted molar refractivity (Wildman–Crippen MR) is 131 cm³/mol. The number of hydrogen-bond donors (Lipinski definition) is 1. The number of carbonyl (C=O) groups excluding carboxylic acids is 1. The second kappa shape index (κ2) is 9.43. The van der Waals surface area contributed by atoms with Gasteiger partial charge in [-0.2, -0.15) is 0 Å². The fraction of sp³-hybridized carbons (Fsp3) is 0.483. The van der Waals surface area contributed by atoms with E-state index in [1.807, 2.05) is 0 Å². The van der Waals surface area contributed by atoms with Crippen LogP contribution in [0.1, 0.15) is 74.8 Å². The first-order chi connectivity index (χ1) is 16.1. The minimum Gasteiger partial charge on any atom is -0.487 e. The Morgan fingerprint density at radius 2 is 1.85 bits per heavy atom. The van der Waals surface area contributed by atoms with Gasteiger partial charge >= 0.3 is 5.97 Å². The van der Waals surface area contributed by atoms with Crippen LogP contribution < -0.4 is 10.1 Å². The van der Waals surface area contributed by atoms with Crippen LogP contribution in [0.4, 0.5) is 4.39 Å². The molecule has 0 saturated heterocycles. The fourth-order valence-electron chi connectivity index (χ4n) is 4.86. The van der Waals surface area contributed by atoms with E-state index in [1.54, 1.807) is 12.1 Å². The Hall–Kier alpha value is -2.84. The Labute approximate surface area is 202 Å². The number of esters is 1. The molecule has 1 saturated carbocycles. The van der Waals surface area contributed by atoms with Crippen LogP contribution in [0.15, 0.2) is 30.3 Å². The Balaban J connectivity index is 1.64. The lowest BCUT2D eigenvalue weighted by Gasteiger charge is -2.43. The van der Waals surface area contributed by atoms with Gasteiger partial charge in [0.05, 0.1) is 13.5 Å². The number of rotatable bonds is 6. The predicted octanol–water partition coefficient (Wildman–Crippen LogP) is 5.28. The molecule has 2 aromatic rings. The number of hydrogen-bond acceptors (Lipinski definition) is 4. The average molecular weight is 464 g/mol. The van der Waals surface area contributed by atoms with E-state index in [0.29, 0.717) is 11.1 Å². The third kappa shape index (κ3) is 5.80. The summed E-state index contributed by atoms with van der Waals surface area (Å²) in [7, 11) is 1.29. The van der Waals surface area contributed by atoms with Gasteiger partial charge in [0.2, 0.25) is 0 Å². The van der Waals surface area contributed by atoms with E-state index in [0.717, 1.165) is 42.3 Å². The first-order valence-corrected chi connectivity index (χ1v) is 12.0. The number of nitrogens with one attached hydrogen (secondary N) is 1. The maximum Gasteiger partial charge on any atom is 0.310 e. The van der Waals surface area contributed by atoms with Crippen molar-refractivity contribution < 1.29 is 18.7 Å². The maximum absolute atomic E-state index is 14.4. The third-order valence-corrected chi connectivity index (χ3v) is 6.55. The van der Waals surface area contributed by atoms with E-state index in [1.165, 1.54) is 31.6 Å². The molecule has 1 fully saturated rings. The molecule has 0 spiro atoms. The van der Waals surface area contributed by atoms with E-state index in [9.17, 15) is 9.18 Å². The Morgan fingerprint density at radius 3 is 2.53 bits per heavy atom. The van der Waals surface area contributed by atoms with E-state index in [-0.39, 0.29) is 17.4 Å². The summed E-state index contributed by atoms with van der Waals surface area (Å²) in [4.78, 5) is 11.5. The quantitative estimate of drug-likeness (QED) is 0.468. The van der Waals surface area contributed by atoms with Crippen LogP contribution in [-0.2, 0) is 27.9 Å². The van der Waals surface area contributed by atoms with Crippen LogP contribution in [0, 0.1) is 23.6 Å². The smallest absolute Gasteiger partial charge is 0.310 e. The molecular weight excluding hydrogens is 429 g/mol. The molecule has 180 valence electrons. The lowest BCUT2D eigenvalue weighted by Crippen LogP contribution is -2.42. The van der Waals surface area contributed by atoms with Crippen molar-refractivity contribution in [2.45, 2.75) is 70.9 Å². The number of ether oxygens (including phenoxy) is 2. The Morgan fingerprint density at radius 1 is 1.12 bits per heavy atom. The summed E-state index contributed by atoms with van der Waals surface area (Å²) in [5, 5.41) is 3.59. The van der Waals surface area contributed by atoms with Gasteiger partial charge in [0.25, 0.3) is 0 Å². The standard InChI is InChI=1S/C29H34FNO3/c1-28(2)18-29(3,4)34-27-23(17-31-16-20-7-8-20)12-21(13-24(27)28)9-6-19-10-11-22(25(30)14-19)15-26(32)33-5/h10-14,20,31H,7-8,15-18H2,1-5H3. The zero-order valence-corrected chi connectivity index (χ0v) is 20.8. The van der Waals surface area contributed by atoms with E-state index < -0.39 is 11.8 Å². The summed E-state index contributed by atoms with van der Waals surface area (Å²) < 4.78 is 25.5. The summed E-state index contributed by atoms with van der Waals surface area (Å²) in [6.07, 6.45) is 3.43. The molecule has 0 unspecified atom stereocenters. The third-order valence-electron chi connectivity index (χ3n) is 6.55. The minimum absolute atomic E-state index is 0.0539. The van der Waals surface area contributed by atoms with Crippen molar-refractivity contribution in [1.29, 1.82) is 0 Å². The van der Waals surface area contributed by atoms with Gasteiger partial charge in [-0.3, -0.25) is 4.79 Å². The zero-order valence-electron chi connectivity index (χ0n) is 20.8. The molecule has 0 amide bonds. The second-order valence-corrected chi connectivity index (χ2v) is 10.8.